The molecule has 0 aliphatic rings. The van der Waals surface area contributed by atoms with Gasteiger partial charge in [0.15, 0.2) is 15.6 Å². The van der Waals surface area contributed by atoms with Crippen LogP contribution in [0.25, 0.3) is 0 Å². The molecule has 2 aromatic rings. The van der Waals surface area contributed by atoms with Gasteiger partial charge in [0.2, 0.25) is 0 Å². The molecule has 0 heterocycles. The van der Waals surface area contributed by atoms with Gasteiger partial charge in [0.25, 0.3) is 0 Å². The van der Waals surface area contributed by atoms with E-state index in [-0.39, 0.29) is 18.1 Å². The van der Waals surface area contributed by atoms with Crippen molar-refractivity contribution in [2.24, 2.45) is 0 Å². The molecule has 134 valence electrons. The molecule has 0 aliphatic carbocycles. The predicted octanol–water partition coefficient (Wildman–Crippen LogP) is 3.07. The SMILES string of the molecule is CS(=O)(=O)Cc1ccc(OCC(=O)CCCNc2ccccc2)cc1. The molecule has 5 nitrogen and oxygen atoms in total. The van der Waals surface area contributed by atoms with Crippen LogP contribution >= 0.6 is 0 Å². The van der Waals surface area contributed by atoms with Crippen LogP contribution in [0.5, 0.6) is 5.75 Å². The second-order valence-electron chi connectivity index (χ2n) is 5.94. The molecule has 0 saturated heterocycles. The Morgan fingerprint density at radius 2 is 1.72 bits per heavy atom. The summed E-state index contributed by atoms with van der Waals surface area (Å²) >= 11 is 0. The van der Waals surface area contributed by atoms with E-state index in [1.165, 1.54) is 6.26 Å². The minimum atomic E-state index is -3.05. The first-order valence-electron chi connectivity index (χ1n) is 8.12. The first-order chi connectivity index (χ1) is 11.9. The normalized spacial score (nSPS) is 11.1. The highest BCUT2D eigenvalue weighted by atomic mass is 32.2. The molecule has 6 heteroatoms. The Morgan fingerprint density at radius 3 is 2.36 bits per heavy atom. The van der Waals surface area contributed by atoms with Crippen molar-refractivity contribution < 1.29 is 17.9 Å². The van der Waals surface area contributed by atoms with Crippen LogP contribution in [0.3, 0.4) is 0 Å². The largest absolute Gasteiger partial charge is 0.486 e. The Hall–Kier alpha value is -2.34. The highest BCUT2D eigenvalue weighted by Crippen LogP contribution is 2.14. The zero-order valence-electron chi connectivity index (χ0n) is 14.3. The molecule has 0 saturated carbocycles. The third-order valence-electron chi connectivity index (χ3n) is 3.49. The van der Waals surface area contributed by atoms with Crippen molar-refractivity contribution in [1.29, 1.82) is 0 Å². The van der Waals surface area contributed by atoms with Crippen molar-refractivity contribution >= 4 is 21.3 Å². The highest BCUT2D eigenvalue weighted by Gasteiger charge is 2.06. The lowest BCUT2D eigenvalue weighted by Gasteiger charge is -2.08. The van der Waals surface area contributed by atoms with E-state index in [4.69, 9.17) is 4.74 Å². The van der Waals surface area contributed by atoms with Gasteiger partial charge in [-0.1, -0.05) is 30.3 Å². The summed E-state index contributed by atoms with van der Waals surface area (Å²) in [5.74, 6) is 0.601. The van der Waals surface area contributed by atoms with E-state index in [1.807, 2.05) is 30.3 Å². The van der Waals surface area contributed by atoms with Crippen molar-refractivity contribution in [3.05, 3.63) is 60.2 Å². The van der Waals surface area contributed by atoms with E-state index in [0.29, 0.717) is 17.7 Å². The van der Waals surface area contributed by atoms with Crippen molar-refractivity contribution in [2.75, 3.05) is 24.7 Å². The van der Waals surface area contributed by atoms with E-state index < -0.39 is 9.84 Å². The molecular formula is C19H23NO4S. The summed E-state index contributed by atoms with van der Waals surface area (Å²) in [5.41, 5.74) is 1.74. The van der Waals surface area contributed by atoms with Crippen LogP contribution in [0.4, 0.5) is 5.69 Å². The van der Waals surface area contributed by atoms with Gasteiger partial charge in [-0.2, -0.15) is 0 Å². The van der Waals surface area contributed by atoms with E-state index in [2.05, 4.69) is 5.32 Å². The van der Waals surface area contributed by atoms with Crippen LogP contribution in [-0.4, -0.2) is 33.6 Å². The number of carbonyl (C=O) groups is 1. The van der Waals surface area contributed by atoms with Gasteiger partial charge in [-0.3, -0.25) is 4.79 Å². The molecule has 0 aliphatic heterocycles. The van der Waals surface area contributed by atoms with Crippen molar-refractivity contribution in [3.63, 3.8) is 0 Å². The summed E-state index contributed by atoms with van der Waals surface area (Å²) in [6, 6.07) is 16.6. The molecule has 0 spiro atoms. The molecular weight excluding hydrogens is 338 g/mol. The molecule has 2 rings (SSSR count). The third-order valence-corrected chi connectivity index (χ3v) is 4.35. The smallest absolute Gasteiger partial charge is 0.170 e. The number of hydrogen-bond donors (Lipinski definition) is 1. The molecule has 0 atom stereocenters. The molecule has 0 aromatic heterocycles. The number of nitrogens with one attached hydrogen (secondary N) is 1. The Labute approximate surface area is 148 Å². The van der Waals surface area contributed by atoms with Gasteiger partial charge in [0, 0.05) is 24.9 Å². The Kier molecular flexibility index (Phi) is 7.01. The number of ketones is 1. The molecule has 0 amide bonds. The average Bonchev–Trinajstić information content (AvgIpc) is 2.58. The van der Waals surface area contributed by atoms with Gasteiger partial charge in [0.05, 0.1) is 5.75 Å². The molecule has 25 heavy (non-hydrogen) atoms. The molecule has 0 radical (unpaired) electrons. The standard InChI is InChI=1S/C19H23NO4S/c1-25(22,23)15-16-9-11-19(12-10-16)24-14-18(21)8-5-13-20-17-6-3-2-4-7-17/h2-4,6-7,9-12,20H,5,8,13-15H2,1H3. The van der Waals surface area contributed by atoms with Crippen LogP contribution in [0, 0.1) is 0 Å². The van der Waals surface area contributed by atoms with Gasteiger partial charge in [-0.05, 0) is 36.2 Å². The first kappa shape index (κ1) is 19.0. The topological polar surface area (TPSA) is 72.5 Å². The van der Waals surface area contributed by atoms with Crippen LogP contribution in [-0.2, 0) is 20.4 Å². The maximum Gasteiger partial charge on any atom is 0.170 e. The molecule has 0 fully saturated rings. The maximum absolute atomic E-state index is 11.9. The number of sulfone groups is 1. The summed E-state index contributed by atoms with van der Waals surface area (Å²) in [6.07, 6.45) is 2.39. The number of ether oxygens (including phenoxy) is 1. The summed E-state index contributed by atoms with van der Waals surface area (Å²) in [7, 11) is -3.05. The number of para-hydroxylation sites is 1. The molecule has 0 bridgehead atoms. The van der Waals surface area contributed by atoms with Crippen LogP contribution in [0.1, 0.15) is 18.4 Å². The van der Waals surface area contributed by atoms with Gasteiger partial charge >= 0.3 is 0 Å². The molecule has 2 aromatic carbocycles. The fourth-order valence-corrected chi connectivity index (χ4v) is 3.09. The van der Waals surface area contributed by atoms with Crippen molar-refractivity contribution in [3.8, 4) is 5.75 Å². The Balaban J connectivity index is 1.66. The van der Waals surface area contributed by atoms with Gasteiger partial charge in [0.1, 0.15) is 12.4 Å². The minimum Gasteiger partial charge on any atom is -0.486 e. The van der Waals surface area contributed by atoms with E-state index in [0.717, 1.165) is 18.7 Å². The second kappa shape index (κ2) is 9.22. The quantitative estimate of drug-likeness (QED) is 0.659. The van der Waals surface area contributed by atoms with Gasteiger partial charge in [-0.15, -0.1) is 0 Å². The zero-order valence-corrected chi connectivity index (χ0v) is 15.1. The van der Waals surface area contributed by atoms with Crippen LogP contribution in [0.2, 0.25) is 0 Å². The van der Waals surface area contributed by atoms with E-state index in [9.17, 15) is 13.2 Å². The summed E-state index contributed by atoms with van der Waals surface area (Å²) in [4.78, 5) is 11.9. The van der Waals surface area contributed by atoms with E-state index in [1.54, 1.807) is 24.3 Å². The molecule has 1 N–H and O–H groups in total. The molecule has 0 unspecified atom stereocenters. The van der Waals surface area contributed by atoms with Gasteiger partial charge < -0.3 is 10.1 Å². The predicted molar refractivity (Wildman–Crippen MR) is 99.7 cm³/mol. The fourth-order valence-electron chi connectivity index (χ4n) is 2.29. The lowest BCUT2D eigenvalue weighted by molar-refractivity contribution is -0.121. The first-order valence-corrected chi connectivity index (χ1v) is 10.2. The maximum atomic E-state index is 11.9. The number of anilines is 1. The highest BCUT2D eigenvalue weighted by molar-refractivity contribution is 7.89. The lowest BCUT2D eigenvalue weighted by atomic mass is 10.2. The number of Topliss-reactive ketones (excluding diaryl/α,β-unsaturated/α-hetero) is 1. The fraction of sp³-hybridized carbons (Fsp3) is 0.316. The second-order valence-corrected chi connectivity index (χ2v) is 8.08. The summed E-state index contributed by atoms with van der Waals surface area (Å²) in [6.45, 7) is 0.757. The summed E-state index contributed by atoms with van der Waals surface area (Å²) < 4.78 is 27.9. The monoisotopic (exact) mass is 361 g/mol. The Morgan fingerprint density at radius 1 is 1.04 bits per heavy atom. The number of carbonyl (C=O) groups excluding carboxylic acids is 1. The lowest BCUT2D eigenvalue weighted by Crippen LogP contribution is -2.13. The minimum absolute atomic E-state index is 0.000620. The average molecular weight is 361 g/mol. The zero-order chi connectivity index (χ0) is 18.1. The van der Waals surface area contributed by atoms with E-state index >= 15 is 0 Å². The number of benzene rings is 2. The number of hydrogen-bond acceptors (Lipinski definition) is 5. The Bertz CT molecular complexity index is 771. The van der Waals surface area contributed by atoms with Crippen molar-refractivity contribution in [2.45, 2.75) is 18.6 Å². The van der Waals surface area contributed by atoms with Gasteiger partial charge in [-0.25, -0.2) is 8.42 Å². The summed E-state index contributed by atoms with van der Waals surface area (Å²) in [5, 5.41) is 3.26. The number of rotatable bonds is 10. The van der Waals surface area contributed by atoms with Crippen LogP contribution in [0.15, 0.2) is 54.6 Å². The van der Waals surface area contributed by atoms with Crippen LogP contribution < -0.4 is 10.1 Å². The van der Waals surface area contributed by atoms with Crippen molar-refractivity contribution in [1.82, 2.24) is 0 Å². The third kappa shape index (κ3) is 7.85.